The Hall–Kier alpha value is -2.71. The minimum atomic E-state index is -3.73. The van der Waals surface area contributed by atoms with Crippen LogP contribution >= 0.6 is 11.3 Å². The van der Waals surface area contributed by atoms with Gasteiger partial charge in [-0.05, 0) is 37.5 Å². The van der Waals surface area contributed by atoms with Crippen molar-refractivity contribution >= 4 is 32.4 Å². The largest absolute Gasteiger partial charge is 0.330 e. The van der Waals surface area contributed by atoms with Crippen molar-refractivity contribution in [2.45, 2.75) is 30.7 Å². The molecule has 0 radical (unpaired) electrons. The predicted molar refractivity (Wildman–Crippen MR) is 114 cm³/mol. The number of amides is 1. The van der Waals surface area contributed by atoms with E-state index >= 15 is 0 Å². The van der Waals surface area contributed by atoms with Crippen molar-refractivity contribution in [3.05, 3.63) is 76.8 Å². The van der Waals surface area contributed by atoms with Crippen molar-refractivity contribution < 1.29 is 13.2 Å². The van der Waals surface area contributed by atoms with Gasteiger partial charge in [0.05, 0.1) is 10.9 Å². The number of sulfonamides is 1. The number of anilines is 1. The molecule has 1 fully saturated rings. The maximum absolute atomic E-state index is 13.1. The molecule has 1 amide bonds. The van der Waals surface area contributed by atoms with Gasteiger partial charge in [0, 0.05) is 11.9 Å². The second-order valence-corrected chi connectivity index (χ2v) is 9.57. The molecule has 0 saturated carbocycles. The van der Waals surface area contributed by atoms with Gasteiger partial charge < -0.3 is 4.90 Å². The zero-order valence-electron chi connectivity index (χ0n) is 15.9. The summed E-state index contributed by atoms with van der Waals surface area (Å²) in [5.74, 6) is -0.171. The lowest BCUT2D eigenvalue weighted by molar-refractivity contribution is 0.0730. The van der Waals surface area contributed by atoms with Gasteiger partial charge in [-0.15, -0.1) is 11.3 Å². The highest BCUT2D eigenvalue weighted by molar-refractivity contribution is 7.93. The van der Waals surface area contributed by atoms with Gasteiger partial charge in [-0.2, -0.15) is 0 Å². The highest BCUT2D eigenvalue weighted by Gasteiger charge is 2.32. The number of aryl methyl sites for hydroxylation is 1. The summed E-state index contributed by atoms with van der Waals surface area (Å²) in [6, 6.07) is 16.3. The molecular formula is C21H21N3O3S2. The van der Waals surface area contributed by atoms with Crippen LogP contribution < -0.4 is 4.72 Å². The monoisotopic (exact) mass is 427 g/mol. The van der Waals surface area contributed by atoms with Gasteiger partial charge in [-0.25, -0.2) is 13.4 Å². The Balaban J connectivity index is 1.52. The van der Waals surface area contributed by atoms with Gasteiger partial charge >= 0.3 is 0 Å². The number of nitrogens with one attached hydrogen (secondary N) is 1. The Kier molecular flexibility index (Phi) is 5.38. The van der Waals surface area contributed by atoms with E-state index in [1.165, 1.54) is 12.1 Å². The number of nitrogens with zero attached hydrogens (tertiary/aromatic N) is 2. The lowest BCUT2D eigenvalue weighted by atomic mass is 10.0. The van der Waals surface area contributed by atoms with Gasteiger partial charge in [0.25, 0.3) is 15.9 Å². The molecule has 8 heteroatoms. The van der Waals surface area contributed by atoms with Crippen molar-refractivity contribution in [2.75, 3.05) is 11.3 Å². The number of rotatable bonds is 5. The number of thiazole rings is 1. The Bertz CT molecular complexity index is 1130. The van der Waals surface area contributed by atoms with Crippen LogP contribution in [0.4, 0.5) is 5.13 Å². The van der Waals surface area contributed by atoms with Gasteiger partial charge in [-0.3, -0.25) is 9.52 Å². The van der Waals surface area contributed by atoms with Gasteiger partial charge in [-0.1, -0.05) is 48.0 Å². The first-order chi connectivity index (χ1) is 13.9. The summed E-state index contributed by atoms with van der Waals surface area (Å²) in [6.07, 6.45) is 1.84. The zero-order valence-corrected chi connectivity index (χ0v) is 17.5. The Morgan fingerprint density at radius 1 is 1.17 bits per heavy atom. The van der Waals surface area contributed by atoms with Crippen molar-refractivity contribution in [1.29, 1.82) is 0 Å². The van der Waals surface area contributed by atoms with Crippen LogP contribution in [0.1, 0.15) is 40.5 Å². The SMILES string of the molecule is Cc1cccc(C2CCCN2C(=O)c2csc(NS(=O)(=O)c3ccccc3)n2)c1. The molecule has 29 heavy (non-hydrogen) atoms. The highest BCUT2D eigenvalue weighted by Crippen LogP contribution is 2.34. The van der Waals surface area contributed by atoms with Crippen LogP contribution in [0.2, 0.25) is 0 Å². The quantitative estimate of drug-likeness (QED) is 0.661. The lowest BCUT2D eigenvalue weighted by Gasteiger charge is -2.24. The number of carbonyl (C=O) groups is 1. The molecular weight excluding hydrogens is 406 g/mol. The fourth-order valence-corrected chi connectivity index (χ4v) is 5.53. The Labute approximate surface area is 174 Å². The number of hydrogen-bond donors (Lipinski definition) is 1. The summed E-state index contributed by atoms with van der Waals surface area (Å²) in [5.41, 5.74) is 2.55. The van der Waals surface area contributed by atoms with Crippen LogP contribution in [0.5, 0.6) is 0 Å². The molecule has 150 valence electrons. The van der Waals surface area contributed by atoms with E-state index < -0.39 is 10.0 Å². The standard InChI is InChI=1S/C21H21N3O3S2/c1-15-7-5-8-16(13-15)19-11-6-12-24(19)20(25)18-14-28-21(22-18)23-29(26,27)17-9-3-2-4-10-17/h2-5,7-10,13-14,19H,6,11-12H2,1H3,(H,22,23). The molecule has 0 spiro atoms. The van der Waals surface area contributed by atoms with Gasteiger partial charge in [0.1, 0.15) is 5.69 Å². The molecule has 1 aliphatic heterocycles. The third-order valence-electron chi connectivity index (χ3n) is 4.94. The molecule has 0 bridgehead atoms. The van der Waals surface area contributed by atoms with E-state index in [0.717, 1.165) is 35.3 Å². The molecule has 1 saturated heterocycles. The van der Waals surface area contributed by atoms with Crippen LogP contribution in [0.25, 0.3) is 0 Å². The smallest absolute Gasteiger partial charge is 0.273 e. The van der Waals surface area contributed by atoms with Crippen molar-refractivity contribution in [2.24, 2.45) is 0 Å². The van der Waals surface area contributed by atoms with Crippen molar-refractivity contribution in [1.82, 2.24) is 9.88 Å². The van der Waals surface area contributed by atoms with Gasteiger partial charge in [0.2, 0.25) is 0 Å². The van der Waals surface area contributed by atoms with E-state index in [0.29, 0.717) is 6.54 Å². The van der Waals surface area contributed by atoms with Crippen molar-refractivity contribution in [3.8, 4) is 0 Å². The summed E-state index contributed by atoms with van der Waals surface area (Å²) in [5, 5.41) is 1.79. The van der Waals surface area contributed by atoms with Gasteiger partial charge in [0.15, 0.2) is 5.13 Å². The van der Waals surface area contributed by atoms with Crippen LogP contribution in [0.15, 0.2) is 64.9 Å². The average Bonchev–Trinajstić information content (AvgIpc) is 3.37. The lowest BCUT2D eigenvalue weighted by Crippen LogP contribution is -2.30. The molecule has 1 N–H and O–H groups in total. The molecule has 2 aromatic carbocycles. The second-order valence-electron chi connectivity index (χ2n) is 7.03. The summed E-state index contributed by atoms with van der Waals surface area (Å²) in [4.78, 5) is 19.3. The zero-order chi connectivity index (χ0) is 20.4. The number of likely N-dealkylation sites (tertiary alicyclic amines) is 1. The first kappa shape index (κ1) is 19.6. The highest BCUT2D eigenvalue weighted by atomic mass is 32.2. The number of hydrogen-bond acceptors (Lipinski definition) is 5. The summed E-state index contributed by atoms with van der Waals surface area (Å²) >= 11 is 1.11. The molecule has 2 heterocycles. The average molecular weight is 428 g/mol. The maximum Gasteiger partial charge on any atom is 0.273 e. The second kappa shape index (κ2) is 7.96. The van der Waals surface area contributed by atoms with Crippen LogP contribution in [0, 0.1) is 6.92 Å². The maximum atomic E-state index is 13.1. The number of aromatic nitrogens is 1. The predicted octanol–water partition coefficient (Wildman–Crippen LogP) is 4.23. The van der Waals surface area contributed by atoms with Crippen LogP contribution in [0.3, 0.4) is 0 Å². The Morgan fingerprint density at radius 2 is 1.97 bits per heavy atom. The first-order valence-electron chi connectivity index (χ1n) is 9.35. The van der Waals surface area contributed by atoms with E-state index in [-0.39, 0.29) is 27.7 Å². The van der Waals surface area contributed by atoms with E-state index in [1.54, 1.807) is 23.6 Å². The molecule has 0 aliphatic carbocycles. The fourth-order valence-electron chi connectivity index (χ4n) is 3.57. The van der Waals surface area contributed by atoms with Crippen molar-refractivity contribution in [3.63, 3.8) is 0 Å². The third-order valence-corrected chi connectivity index (χ3v) is 7.18. The minimum Gasteiger partial charge on any atom is -0.330 e. The molecule has 3 aromatic rings. The molecule has 6 nitrogen and oxygen atoms in total. The van der Waals surface area contributed by atoms with E-state index in [2.05, 4.69) is 15.8 Å². The number of carbonyl (C=O) groups excluding carboxylic acids is 1. The summed E-state index contributed by atoms with van der Waals surface area (Å²) in [7, 11) is -3.73. The molecule has 1 aliphatic rings. The third kappa shape index (κ3) is 4.18. The number of benzene rings is 2. The molecule has 1 aromatic heterocycles. The summed E-state index contributed by atoms with van der Waals surface area (Å²) in [6.45, 7) is 2.70. The van der Waals surface area contributed by atoms with Crippen LogP contribution in [-0.4, -0.2) is 30.8 Å². The topological polar surface area (TPSA) is 79.4 Å². The molecule has 1 atom stereocenters. The molecule has 4 rings (SSSR count). The Morgan fingerprint density at radius 3 is 2.72 bits per heavy atom. The van der Waals surface area contributed by atoms with Crippen LogP contribution in [-0.2, 0) is 10.0 Å². The van der Waals surface area contributed by atoms with E-state index in [9.17, 15) is 13.2 Å². The summed E-state index contributed by atoms with van der Waals surface area (Å²) < 4.78 is 27.4. The minimum absolute atomic E-state index is 0.0218. The molecule has 1 unspecified atom stereocenters. The van der Waals surface area contributed by atoms with E-state index in [4.69, 9.17) is 0 Å². The van der Waals surface area contributed by atoms with E-state index in [1.807, 2.05) is 30.0 Å². The first-order valence-corrected chi connectivity index (χ1v) is 11.7. The normalized spacial score (nSPS) is 16.7. The fraction of sp³-hybridized carbons (Fsp3) is 0.238.